The number of anilines is 1. The molecule has 5 heteroatoms. The van der Waals surface area contributed by atoms with Crippen LogP contribution in [-0.2, 0) is 14.9 Å². The van der Waals surface area contributed by atoms with Crippen LogP contribution < -0.4 is 10.3 Å². The van der Waals surface area contributed by atoms with Gasteiger partial charge in [-0.15, -0.1) is 0 Å². The van der Waals surface area contributed by atoms with Crippen molar-refractivity contribution < 1.29 is 9.53 Å². The van der Waals surface area contributed by atoms with Crippen LogP contribution in [0.5, 0.6) is 0 Å². The van der Waals surface area contributed by atoms with Gasteiger partial charge in [0.1, 0.15) is 6.61 Å². The molecule has 112 valence electrons. The van der Waals surface area contributed by atoms with Crippen LogP contribution in [0.15, 0.2) is 41.1 Å². The van der Waals surface area contributed by atoms with Crippen molar-refractivity contribution in [1.29, 1.82) is 0 Å². The van der Waals surface area contributed by atoms with Gasteiger partial charge in [-0.2, -0.15) is 5.10 Å². The lowest BCUT2D eigenvalue weighted by Crippen LogP contribution is -2.24. The fraction of sp³-hybridized carbons (Fsp3) is 0.375. The third-order valence-electron chi connectivity index (χ3n) is 3.71. The second kappa shape index (κ2) is 6.10. The van der Waals surface area contributed by atoms with Crippen LogP contribution in [0.25, 0.3) is 0 Å². The number of allylic oxidation sites excluding steroid dienone is 2. The summed E-state index contributed by atoms with van der Waals surface area (Å²) in [7, 11) is 3.51. The zero-order valence-electron chi connectivity index (χ0n) is 12.9. The molecule has 1 aliphatic rings. The molecule has 0 bridgehead atoms. The molecule has 5 nitrogen and oxygen atoms in total. The smallest absolute Gasteiger partial charge is 0.266 e. The highest BCUT2D eigenvalue weighted by Gasteiger charge is 2.37. The van der Waals surface area contributed by atoms with Gasteiger partial charge in [-0.3, -0.25) is 4.79 Å². The number of amides is 1. The summed E-state index contributed by atoms with van der Waals surface area (Å²) >= 11 is 0. The van der Waals surface area contributed by atoms with Crippen LogP contribution in [-0.4, -0.2) is 32.9 Å². The first-order valence-electron chi connectivity index (χ1n) is 6.83. The maximum absolute atomic E-state index is 11.2. The van der Waals surface area contributed by atoms with E-state index in [0.717, 1.165) is 5.70 Å². The minimum atomic E-state index is -0.269. The van der Waals surface area contributed by atoms with Crippen LogP contribution >= 0.6 is 0 Å². The second-order valence-electron chi connectivity index (χ2n) is 5.50. The van der Waals surface area contributed by atoms with Crippen molar-refractivity contribution in [3.63, 3.8) is 0 Å². The Morgan fingerprint density at radius 3 is 2.81 bits per heavy atom. The summed E-state index contributed by atoms with van der Waals surface area (Å²) in [6.45, 7) is 4.36. The molecule has 1 aliphatic heterocycles. The van der Waals surface area contributed by atoms with Crippen molar-refractivity contribution in [3.05, 3.63) is 41.6 Å². The molecular weight excluding hydrogens is 266 g/mol. The van der Waals surface area contributed by atoms with Crippen molar-refractivity contribution >= 4 is 17.8 Å². The van der Waals surface area contributed by atoms with Crippen LogP contribution in [0.1, 0.15) is 19.4 Å². The lowest BCUT2D eigenvalue weighted by Gasteiger charge is -2.23. The highest BCUT2D eigenvalue weighted by molar-refractivity contribution is 5.82. The Labute approximate surface area is 125 Å². The number of nitrogens with one attached hydrogen (secondary N) is 1. The van der Waals surface area contributed by atoms with E-state index in [-0.39, 0.29) is 17.9 Å². The van der Waals surface area contributed by atoms with E-state index in [1.165, 1.54) is 18.4 Å². The predicted octanol–water partition coefficient (Wildman–Crippen LogP) is 2.05. The van der Waals surface area contributed by atoms with Gasteiger partial charge in [0.2, 0.25) is 0 Å². The minimum absolute atomic E-state index is 0.00471. The predicted molar refractivity (Wildman–Crippen MR) is 84.5 cm³/mol. The van der Waals surface area contributed by atoms with Gasteiger partial charge in [0.05, 0.1) is 0 Å². The molecule has 0 aliphatic carbocycles. The van der Waals surface area contributed by atoms with Crippen molar-refractivity contribution in [2.45, 2.75) is 19.3 Å². The van der Waals surface area contributed by atoms with E-state index in [9.17, 15) is 4.79 Å². The third kappa shape index (κ3) is 2.97. The van der Waals surface area contributed by atoms with Crippen molar-refractivity contribution in [2.75, 3.05) is 25.7 Å². The van der Waals surface area contributed by atoms with E-state index < -0.39 is 0 Å². The average Bonchev–Trinajstić information content (AvgIpc) is 2.64. The summed E-state index contributed by atoms with van der Waals surface area (Å²) in [5.41, 5.74) is 5.94. The number of hydrogen-bond donors (Lipinski definition) is 1. The number of carbonyl (C=O) groups is 1. The summed E-state index contributed by atoms with van der Waals surface area (Å²) in [4.78, 5) is 13.4. The number of rotatable bonds is 4. The number of ether oxygens (including phenoxy) is 1. The van der Waals surface area contributed by atoms with E-state index in [2.05, 4.69) is 47.5 Å². The SMILES string of the molecule is COCC(=O)N/N=C/C=C1/N(C)c2ccccc2C1(C)C. The first kappa shape index (κ1) is 15.3. The molecular formula is C16H21N3O2. The van der Waals surface area contributed by atoms with E-state index in [0.29, 0.717) is 0 Å². The lowest BCUT2D eigenvalue weighted by molar-refractivity contribution is -0.124. The molecule has 0 radical (unpaired) electrons. The van der Waals surface area contributed by atoms with Crippen LogP contribution in [0, 0.1) is 0 Å². The van der Waals surface area contributed by atoms with Gasteiger partial charge >= 0.3 is 0 Å². The molecule has 1 heterocycles. The summed E-state index contributed by atoms with van der Waals surface area (Å²) in [6.07, 6.45) is 3.53. The van der Waals surface area contributed by atoms with E-state index in [1.54, 1.807) is 6.21 Å². The average molecular weight is 287 g/mol. The van der Waals surface area contributed by atoms with Crippen LogP contribution in [0.3, 0.4) is 0 Å². The minimum Gasteiger partial charge on any atom is -0.375 e. The number of hydrogen-bond acceptors (Lipinski definition) is 4. The summed E-state index contributed by atoms with van der Waals surface area (Å²) < 4.78 is 4.72. The fourth-order valence-electron chi connectivity index (χ4n) is 2.68. The van der Waals surface area contributed by atoms with Gasteiger partial charge in [0.25, 0.3) is 5.91 Å². The molecule has 1 amide bonds. The molecule has 1 aromatic rings. The number of nitrogens with zero attached hydrogens (tertiary/aromatic N) is 2. The Kier molecular flexibility index (Phi) is 4.43. The Bertz CT molecular complexity index is 591. The monoisotopic (exact) mass is 287 g/mol. The van der Waals surface area contributed by atoms with E-state index in [4.69, 9.17) is 4.74 Å². The first-order valence-corrected chi connectivity index (χ1v) is 6.83. The fourth-order valence-corrected chi connectivity index (χ4v) is 2.68. The molecule has 0 saturated heterocycles. The topological polar surface area (TPSA) is 53.9 Å². The molecule has 0 unspecified atom stereocenters. The van der Waals surface area contributed by atoms with Crippen LogP contribution in [0.2, 0.25) is 0 Å². The summed E-state index contributed by atoms with van der Waals surface area (Å²) in [5.74, 6) is -0.269. The zero-order valence-corrected chi connectivity index (χ0v) is 12.9. The van der Waals surface area contributed by atoms with E-state index >= 15 is 0 Å². The molecule has 1 N–H and O–H groups in total. The number of fused-ring (bicyclic) bond motifs is 1. The molecule has 0 aromatic heterocycles. The molecule has 0 atom stereocenters. The Morgan fingerprint density at radius 2 is 2.14 bits per heavy atom. The third-order valence-corrected chi connectivity index (χ3v) is 3.71. The van der Waals surface area contributed by atoms with Crippen molar-refractivity contribution in [1.82, 2.24) is 5.43 Å². The number of para-hydroxylation sites is 1. The number of carbonyl (C=O) groups excluding carboxylic acids is 1. The Morgan fingerprint density at radius 1 is 1.43 bits per heavy atom. The van der Waals surface area contributed by atoms with Crippen molar-refractivity contribution in [2.24, 2.45) is 5.10 Å². The maximum atomic E-state index is 11.2. The standard InChI is InChI=1S/C16H21N3O2/c1-16(2)12-7-5-6-8-13(12)19(3)14(16)9-10-17-18-15(20)11-21-4/h5-10H,11H2,1-4H3,(H,18,20)/b14-9+,17-10+. The van der Waals surface area contributed by atoms with Gasteiger partial charge < -0.3 is 9.64 Å². The zero-order chi connectivity index (χ0) is 15.5. The summed E-state index contributed by atoms with van der Waals surface area (Å²) in [6, 6.07) is 8.34. The summed E-state index contributed by atoms with van der Waals surface area (Å²) in [5, 5.41) is 3.91. The first-order chi connectivity index (χ1) is 9.98. The molecule has 0 saturated carbocycles. The van der Waals surface area contributed by atoms with Gasteiger partial charge in [0, 0.05) is 37.2 Å². The number of benzene rings is 1. The molecule has 0 spiro atoms. The van der Waals surface area contributed by atoms with Gasteiger partial charge in [-0.05, 0) is 17.7 Å². The molecule has 1 aromatic carbocycles. The number of hydrazone groups is 1. The largest absolute Gasteiger partial charge is 0.375 e. The quantitative estimate of drug-likeness (QED) is 0.681. The van der Waals surface area contributed by atoms with Gasteiger partial charge in [-0.25, -0.2) is 5.43 Å². The highest BCUT2D eigenvalue weighted by Crippen LogP contribution is 2.46. The highest BCUT2D eigenvalue weighted by atomic mass is 16.5. The maximum Gasteiger partial charge on any atom is 0.266 e. The molecule has 21 heavy (non-hydrogen) atoms. The van der Waals surface area contributed by atoms with Crippen LogP contribution in [0.4, 0.5) is 5.69 Å². The number of likely N-dealkylation sites (N-methyl/N-ethyl adjacent to an activating group) is 1. The molecule has 0 fully saturated rings. The van der Waals surface area contributed by atoms with E-state index in [1.807, 2.05) is 19.2 Å². The Hall–Kier alpha value is -2.14. The van der Waals surface area contributed by atoms with Gasteiger partial charge in [0.15, 0.2) is 0 Å². The molecule has 2 rings (SSSR count). The van der Waals surface area contributed by atoms with Gasteiger partial charge in [-0.1, -0.05) is 32.0 Å². The lowest BCUT2D eigenvalue weighted by atomic mass is 9.84. The number of methoxy groups -OCH3 is 1. The normalized spacial score (nSPS) is 18.3. The Balaban J connectivity index is 2.16. The van der Waals surface area contributed by atoms with Crippen molar-refractivity contribution in [3.8, 4) is 0 Å². The second-order valence-corrected chi connectivity index (χ2v) is 5.50.